The van der Waals surface area contributed by atoms with Gasteiger partial charge in [0.1, 0.15) is 0 Å². The third-order valence-electron chi connectivity index (χ3n) is 3.97. The fourth-order valence-corrected chi connectivity index (χ4v) is 3.71. The Morgan fingerprint density at radius 2 is 1.95 bits per heavy atom. The van der Waals surface area contributed by atoms with Gasteiger partial charge in [-0.25, -0.2) is 4.98 Å². The Kier molecular flexibility index (Phi) is 4.85. The first-order valence-corrected chi connectivity index (χ1v) is 8.59. The van der Waals surface area contributed by atoms with Gasteiger partial charge in [-0.15, -0.1) is 11.3 Å². The molecule has 116 valence electrons. The minimum atomic E-state index is -0.0983. The van der Waals surface area contributed by atoms with Gasteiger partial charge in [-0.05, 0) is 45.0 Å². The number of hydrogen-bond acceptors (Lipinski definition) is 4. The van der Waals surface area contributed by atoms with Gasteiger partial charge in [-0.1, -0.05) is 24.6 Å². The standard InChI is InChI=1S/C17H21N3OS/c1-13-15(12-20-10-6-3-7-11-20)22-17(18-13)19-16(21)14-8-4-2-5-9-14/h2,4-5,8-9H,3,6-7,10-12H2,1H3,(H,18,19,21). The second-order valence-electron chi connectivity index (χ2n) is 5.68. The molecule has 2 aromatic rings. The predicted octanol–water partition coefficient (Wildman–Crippen LogP) is 3.69. The number of anilines is 1. The van der Waals surface area contributed by atoms with Crippen LogP contribution in [0.25, 0.3) is 0 Å². The molecule has 0 spiro atoms. The van der Waals surface area contributed by atoms with Gasteiger partial charge in [0.25, 0.3) is 5.91 Å². The van der Waals surface area contributed by atoms with E-state index in [2.05, 4.69) is 15.2 Å². The highest BCUT2D eigenvalue weighted by Crippen LogP contribution is 2.25. The van der Waals surface area contributed by atoms with Gasteiger partial charge in [-0.2, -0.15) is 0 Å². The van der Waals surface area contributed by atoms with E-state index in [9.17, 15) is 4.79 Å². The molecule has 4 nitrogen and oxygen atoms in total. The maximum Gasteiger partial charge on any atom is 0.257 e. The van der Waals surface area contributed by atoms with E-state index in [0.29, 0.717) is 10.7 Å². The van der Waals surface area contributed by atoms with Crippen molar-refractivity contribution in [2.24, 2.45) is 0 Å². The molecular formula is C17H21N3OS. The average molecular weight is 315 g/mol. The van der Waals surface area contributed by atoms with Crippen molar-refractivity contribution in [3.63, 3.8) is 0 Å². The molecule has 2 heterocycles. The van der Waals surface area contributed by atoms with Gasteiger partial charge in [-0.3, -0.25) is 15.0 Å². The molecule has 0 radical (unpaired) electrons. The van der Waals surface area contributed by atoms with Crippen LogP contribution in [0.1, 0.15) is 40.2 Å². The summed E-state index contributed by atoms with van der Waals surface area (Å²) in [5, 5.41) is 3.60. The second-order valence-corrected chi connectivity index (χ2v) is 6.77. The molecule has 22 heavy (non-hydrogen) atoms. The molecule has 1 saturated heterocycles. The summed E-state index contributed by atoms with van der Waals surface area (Å²) in [7, 11) is 0. The lowest BCUT2D eigenvalue weighted by Gasteiger charge is -2.25. The molecule has 5 heteroatoms. The summed E-state index contributed by atoms with van der Waals surface area (Å²) in [6.07, 6.45) is 3.92. The van der Waals surface area contributed by atoms with Crippen molar-refractivity contribution >= 4 is 22.4 Å². The zero-order valence-corrected chi connectivity index (χ0v) is 13.7. The lowest BCUT2D eigenvalue weighted by molar-refractivity contribution is 0.102. The lowest BCUT2D eigenvalue weighted by atomic mass is 10.1. The van der Waals surface area contributed by atoms with Crippen molar-refractivity contribution in [1.82, 2.24) is 9.88 Å². The number of rotatable bonds is 4. The Balaban J connectivity index is 1.65. The summed E-state index contributed by atoms with van der Waals surface area (Å²) >= 11 is 1.59. The molecular weight excluding hydrogens is 294 g/mol. The number of aryl methyl sites for hydroxylation is 1. The van der Waals surface area contributed by atoms with Gasteiger partial charge in [0, 0.05) is 17.0 Å². The summed E-state index contributed by atoms with van der Waals surface area (Å²) < 4.78 is 0. The Hall–Kier alpha value is -1.72. The highest BCUT2D eigenvalue weighted by molar-refractivity contribution is 7.15. The molecule has 0 saturated carbocycles. The van der Waals surface area contributed by atoms with Crippen LogP contribution in [0, 0.1) is 6.92 Å². The van der Waals surface area contributed by atoms with Crippen LogP contribution < -0.4 is 5.32 Å². The molecule has 1 aliphatic heterocycles. The maximum atomic E-state index is 12.2. The molecule has 3 rings (SSSR count). The molecule has 1 N–H and O–H groups in total. The SMILES string of the molecule is Cc1nc(NC(=O)c2ccccc2)sc1CN1CCCCC1. The van der Waals surface area contributed by atoms with E-state index < -0.39 is 0 Å². The van der Waals surface area contributed by atoms with Crippen LogP contribution in [0.4, 0.5) is 5.13 Å². The predicted molar refractivity (Wildman–Crippen MR) is 90.4 cm³/mol. The highest BCUT2D eigenvalue weighted by atomic mass is 32.1. The molecule has 0 aliphatic carbocycles. The van der Waals surface area contributed by atoms with Crippen LogP contribution in [-0.4, -0.2) is 28.9 Å². The number of amides is 1. The zero-order valence-electron chi connectivity index (χ0n) is 12.8. The monoisotopic (exact) mass is 315 g/mol. The summed E-state index contributed by atoms with van der Waals surface area (Å²) in [5.41, 5.74) is 1.69. The van der Waals surface area contributed by atoms with E-state index in [4.69, 9.17) is 0 Å². The topological polar surface area (TPSA) is 45.2 Å². The summed E-state index contributed by atoms with van der Waals surface area (Å²) in [6, 6.07) is 9.25. The van der Waals surface area contributed by atoms with Crippen LogP contribution >= 0.6 is 11.3 Å². The van der Waals surface area contributed by atoms with E-state index in [1.54, 1.807) is 11.3 Å². The number of carbonyl (C=O) groups excluding carboxylic acids is 1. The first-order chi connectivity index (χ1) is 10.7. The lowest BCUT2D eigenvalue weighted by Crippen LogP contribution is -2.28. The van der Waals surface area contributed by atoms with Crippen LogP contribution in [0.15, 0.2) is 30.3 Å². The van der Waals surface area contributed by atoms with Crippen LogP contribution in [0.5, 0.6) is 0 Å². The number of hydrogen-bond donors (Lipinski definition) is 1. The fraction of sp³-hybridized carbons (Fsp3) is 0.412. The fourth-order valence-electron chi connectivity index (χ4n) is 2.71. The maximum absolute atomic E-state index is 12.2. The minimum absolute atomic E-state index is 0.0983. The smallest absolute Gasteiger partial charge is 0.257 e. The van der Waals surface area contributed by atoms with Gasteiger partial charge >= 0.3 is 0 Å². The number of nitrogens with zero attached hydrogens (tertiary/aromatic N) is 2. The van der Waals surface area contributed by atoms with Crippen LogP contribution in [0.3, 0.4) is 0 Å². The quantitative estimate of drug-likeness (QED) is 0.936. The number of nitrogens with one attached hydrogen (secondary N) is 1. The van der Waals surface area contributed by atoms with Gasteiger partial charge in [0.2, 0.25) is 0 Å². The van der Waals surface area contributed by atoms with Crippen molar-refractivity contribution in [3.05, 3.63) is 46.5 Å². The number of thiazole rings is 1. The minimum Gasteiger partial charge on any atom is -0.298 e. The van der Waals surface area contributed by atoms with Crippen LogP contribution in [-0.2, 0) is 6.54 Å². The second kappa shape index (κ2) is 7.03. The summed E-state index contributed by atoms with van der Waals surface area (Å²) in [6.45, 7) is 5.31. The molecule has 1 fully saturated rings. The molecule has 1 aromatic carbocycles. The number of piperidine rings is 1. The van der Waals surface area contributed by atoms with Gasteiger partial charge in [0.15, 0.2) is 5.13 Å². The number of benzene rings is 1. The summed E-state index contributed by atoms with van der Waals surface area (Å²) in [5.74, 6) is -0.0983. The molecule has 0 unspecified atom stereocenters. The van der Waals surface area contributed by atoms with Crippen molar-refractivity contribution in [1.29, 1.82) is 0 Å². The largest absolute Gasteiger partial charge is 0.298 e. The van der Waals surface area contributed by atoms with Crippen molar-refractivity contribution in [3.8, 4) is 0 Å². The molecule has 1 aliphatic rings. The van der Waals surface area contributed by atoms with Crippen molar-refractivity contribution in [2.45, 2.75) is 32.7 Å². The van der Waals surface area contributed by atoms with Crippen molar-refractivity contribution < 1.29 is 4.79 Å². The van der Waals surface area contributed by atoms with E-state index in [0.717, 1.165) is 12.2 Å². The Bertz CT molecular complexity index is 633. The average Bonchev–Trinajstić information content (AvgIpc) is 2.88. The number of aromatic nitrogens is 1. The van der Waals surface area contributed by atoms with E-state index in [1.807, 2.05) is 37.3 Å². The Labute approximate surface area is 135 Å². The molecule has 1 aromatic heterocycles. The first kappa shape index (κ1) is 15.2. The first-order valence-electron chi connectivity index (χ1n) is 7.77. The van der Waals surface area contributed by atoms with Gasteiger partial charge < -0.3 is 0 Å². The van der Waals surface area contributed by atoms with E-state index >= 15 is 0 Å². The Morgan fingerprint density at radius 1 is 1.23 bits per heavy atom. The van der Waals surface area contributed by atoms with Gasteiger partial charge in [0.05, 0.1) is 5.69 Å². The normalized spacial score (nSPS) is 15.7. The Morgan fingerprint density at radius 3 is 2.68 bits per heavy atom. The third-order valence-corrected chi connectivity index (χ3v) is 5.02. The zero-order chi connectivity index (χ0) is 15.4. The van der Waals surface area contributed by atoms with E-state index in [-0.39, 0.29) is 5.91 Å². The third kappa shape index (κ3) is 3.72. The van der Waals surface area contributed by atoms with Crippen molar-refractivity contribution in [2.75, 3.05) is 18.4 Å². The molecule has 0 bridgehead atoms. The van der Waals surface area contributed by atoms with Crippen LogP contribution in [0.2, 0.25) is 0 Å². The number of carbonyl (C=O) groups is 1. The van der Waals surface area contributed by atoms with E-state index in [1.165, 1.54) is 37.2 Å². The summed E-state index contributed by atoms with van der Waals surface area (Å²) in [4.78, 5) is 20.4. The molecule has 0 atom stereocenters. The molecule has 1 amide bonds. The highest BCUT2D eigenvalue weighted by Gasteiger charge is 2.16. The number of likely N-dealkylation sites (tertiary alicyclic amines) is 1.